The fourth-order valence-corrected chi connectivity index (χ4v) is 3.17. The van der Waals surface area contributed by atoms with Crippen molar-refractivity contribution < 1.29 is 14.2 Å². The van der Waals surface area contributed by atoms with Gasteiger partial charge in [-0.05, 0) is 43.5 Å². The molecule has 1 saturated carbocycles. The maximum absolute atomic E-state index is 13.0. The molecule has 0 unspecified atom stereocenters. The van der Waals surface area contributed by atoms with E-state index in [9.17, 15) is 14.9 Å². The smallest absolute Gasteiger partial charge is 0.293 e. The third-order valence-electron chi connectivity index (χ3n) is 5.09. The van der Waals surface area contributed by atoms with Gasteiger partial charge in [-0.25, -0.2) is 0 Å². The fourth-order valence-electron chi connectivity index (χ4n) is 3.17. The lowest BCUT2D eigenvalue weighted by atomic mass is 10.1. The number of para-hydroxylation sites is 1. The van der Waals surface area contributed by atoms with Gasteiger partial charge in [0.1, 0.15) is 5.69 Å². The van der Waals surface area contributed by atoms with Gasteiger partial charge in [0.25, 0.3) is 17.5 Å². The van der Waals surface area contributed by atoms with Crippen LogP contribution in [0.15, 0.2) is 40.9 Å². The molecule has 1 heterocycles. The van der Waals surface area contributed by atoms with Gasteiger partial charge in [-0.2, -0.15) is 4.98 Å². The number of aromatic nitrogens is 2. The van der Waals surface area contributed by atoms with Crippen LogP contribution >= 0.6 is 0 Å². The Morgan fingerprint density at radius 1 is 1.26 bits per heavy atom. The summed E-state index contributed by atoms with van der Waals surface area (Å²) in [4.78, 5) is 28.4. The summed E-state index contributed by atoms with van der Waals surface area (Å²) < 4.78 is 5.39. The number of hydrogen-bond acceptors (Lipinski definition) is 7. The molecular formula is C22H23N5O4. The highest BCUT2D eigenvalue weighted by molar-refractivity contribution is 6.07. The predicted molar refractivity (Wildman–Crippen MR) is 116 cm³/mol. The number of nitro benzene ring substituents is 1. The van der Waals surface area contributed by atoms with Crippen molar-refractivity contribution in [2.75, 3.05) is 10.6 Å². The zero-order chi connectivity index (χ0) is 22.1. The summed E-state index contributed by atoms with van der Waals surface area (Å²) in [5.74, 6) is 0.518. The second kappa shape index (κ2) is 8.17. The van der Waals surface area contributed by atoms with Crippen LogP contribution in [0.2, 0.25) is 0 Å². The normalized spacial score (nSPS) is 13.3. The van der Waals surface area contributed by atoms with Crippen LogP contribution in [-0.4, -0.2) is 27.0 Å². The molecule has 0 bridgehead atoms. The molecule has 1 aliphatic carbocycles. The monoisotopic (exact) mass is 421 g/mol. The van der Waals surface area contributed by atoms with E-state index in [0.717, 1.165) is 18.4 Å². The molecule has 1 aromatic heterocycles. The Balaban J connectivity index is 1.64. The highest BCUT2D eigenvalue weighted by Crippen LogP contribution is 2.33. The first kappa shape index (κ1) is 20.5. The number of rotatable bonds is 7. The molecule has 0 radical (unpaired) electrons. The van der Waals surface area contributed by atoms with Gasteiger partial charge >= 0.3 is 0 Å². The molecule has 1 amide bonds. The third-order valence-corrected chi connectivity index (χ3v) is 5.09. The van der Waals surface area contributed by atoms with Gasteiger partial charge in [-0.3, -0.25) is 14.9 Å². The molecule has 0 aliphatic heterocycles. The molecular weight excluding hydrogens is 398 g/mol. The number of nitro groups is 1. The van der Waals surface area contributed by atoms with Gasteiger partial charge in [0.15, 0.2) is 5.82 Å². The minimum absolute atomic E-state index is 0.101. The molecule has 2 aromatic carbocycles. The molecule has 9 heteroatoms. The van der Waals surface area contributed by atoms with Gasteiger partial charge in [-0.15, -0.1) is 0 Å². The fraction of sp³-hybridized carbons (Fsp3) is 0.318. The van der Waals surface area contributed by atoms with Crippen molar-refractivity contribution >= 4 is 23.0 Å². The van der Waals surface area contributed by atoms with Crippen LogP contribution in [-0.2, 0) is 0 Å². The molecule has 9 nitrogen and oxygen atoms in total. The summed E-state index contributed by atoms with van der Waals surface area (Å²) in [5, 5.41) is 21.5. The van der Waals surface area contributed by atoms with Gasteiger partial charge in [0, 0.05) is 23.6 Å². The van der Waals surface area contributed by atoms with E-state index in [4.69, 9.17) is 4.52 Å². The molecule has 1 aliphatic rings. The van der Waals surface area contributed by atoms with E-state index in [-0.39, 0.29) is 23.2 Å². The number of benzene rings is 2. The number of anilines is 2. The van der Waals surface area contributed by atoms with Crippen molar-refractivity contribution in [1.82, 2.24) is 10.1 Å². The van der Waals surface area contributed by atoms with E-state index in [1.165, 1.54) is 6.07 Å². The van der Waals surface area contributed by atoms with E-state index in [2.05, 4.69) is 20.8 Å². The molecule has 0 spiro atoms. The SMILES string of the molecule is Cc1cccc(-c2nc(C(C)C)no2)c1NC(=O)c1ccc(NC2CC2)c([N+](=O)[O-])c1. The van der Waals surface area contributed by atoms with Gasteiger partial charge in [0.2, 0.25) is 0 Å². The highest BCUT2D eigenvalue weighted by atomic mass is 16.6. The lowest BCUT2D eigenvalue weighted by Crippen LogP contribution is -2.14. The zero-order valence-electron chi connectivity index (χ0n) is 17.5. The Morgan fingerprint density at radius 3 is 2.68 bits per heavy atom. The van der Waals surface area contributed by atoms with Crippen LogP contribution in [0.25, 0.3) is 11.5 Å². The molecule has 31 heavy (non-hydrogen) atoms. The first-order valence-electron chi connectivity index (χ1n) is 10.1. The van der Waals surface area contributed by atoms with Crippen molar-refractivity contribution in [3.8, 4) is 11.5 Å². The lowest BCUT2D eigenvalue weighted by molar-refractivity contribution is -0.384. The van der Waals surface area contributed by atoms with Crippen LogP contribution in [0.5, 0.6) is 0 Å². The maximum Gasteiger partial charge on any atom is 0.293 e. The van der Waals surface area contributed by atoms with Crippen molar-refractivity contribution in [1.29, 1.82) is 0 Å². The molecule has 1 fully saturated rings. The molecule has 2 N–H and O–H groups in total. The van der Waals surface area contributed by atoms with Gasteiger partial charge in [-0.1, -0.05) is 31.1 Å². The Hall–Kier alpha value is -3.75. The zero-order valence-corrected chi connectivity index (χ0v) is 17.5. The van der Waals surface area contributed by atoms with Crippen molar-refractivity contribution in [2.45, 2.75) is 45.6 Å². The second-order valence-electron chi connectivity index (χ2n) is 7.97. The second-order valence-corrected chi connectivity index (χ2v) is 7.97. The summed E-state index contributed by atoms with van der Waals surface area (Å²) in [6.07, 6.45) is 1.98. The summed E-state index contributed by atoms with van der Waals surface area (Å²) in [7, 11) is 0. The van der Waals surface area contributed by atoms with E-state index in [0.29, 0.717) is 28.7 Å². The first-order chi connectivity index (χ1) is 14.8. The average molecular weight is 421 g/mol. The molecule has 3 aromatic rings. The number of aryl methyl sites for hydroxylation is 1. The van der Waals surface area contributed by atoms with Crippen LogP contribution in [0.1, 0.15) is 54.4 Å². The van der Waals surface area contributed by atoms with E-state index in [1.807, 2.05) is 32.9 Å². The Morgan fingerprint density at radius 2 is 2.03 bits per heavy atom. The first-order valence-corrected chi connectivity index (χ1v) is 10.1. The largest absolute Gasteiger partial charge is 0.377 e. The average Bonchev–Trinajstić information content (AvgIpc) is 3.40. The number of amides is 1. The van der Waals surface area contributed by atoms with Gasteiger partial charge in [0.05, 0.1) is 16.2 Å². The standard InChI is InChI=1S/C22H23N5O4/c1-12(2)20-25-22(31-26-20)16-6-4-5-13(3)19(16)24-21(28)14-7-10-17(23-15-8-9-15)18(11-14)27(29)30/h4-7,10-12,15,23H,8-9H2,1-3H3,(H,24,28). The summed E-state index contributed by atoms with van der Waals surface area (Å²) >= 11 is 0. The van der Waals surface area contributed by atoms with E-state index < -0.39 is 10.8 Å². The Bertz CT molecular complexity index is 1150. The summed E-state index contributed by atoms with van der Waals surface area (Å²) in [6, 6.07) is 10.2. The number of carbonyl (C=O) groups is 1. The third kappa shape index (κ3) is 4.40. The van der Waals surface area contributed by atoms with Crippen LogP contribution in [0.3, 0.4) is 0 Å². The number of nitrogens with zero attached hydrogens (tertiary/aromatic N) is 3. The molecule has 160 valence electrons. The highest BCUT2D eigenvalue weighted by Gasteiger charge is 2.26. The molecule has 4 rings (SSSR count). The van der Waals surface area contributed by atoms with Crippen LogP contribution < -0.4 is 10.6 Å². The number of nitrogens with one attached hydrogen (secondary N) is 2. The van der Waals surface area contributed by atoms with Gasteiger partial charge < -0.3 is 15.2 Å². The quantitative estimate of drug-likeness (QED) is 0.411. The number of carbonyl (C=O) groups excluding carboxylic acids is 1. The topological polar surface area (TPSA) is 123 Å². The van der Waals surface area contributed by atoms with E-state index in [1.54, 1.807) is 18.2 Å². The Kier molecular flexibility index (Phi) is 5.41. The number of hydrogen-bond donors (Lipinski definition) is 2. The maximum atomic E-state index is 13.0. The minimum atomic E-state index is -0.480. The predicted octanol–water partition coefficient (Wildman–Crippen LogP) is 4.90. The van der Waals surface area contributed by atoms with Crippen LogP contribution in [0, 0.1) is 17.0 Å². The van der Waals surface area contributed by atoms with Crippen molar-refractivity contribution in [3.05, 3.63) is 63.5 Å². The van der Waals surface area contributed by atoms with Crippen molar-refractivity contribution in [2.24, 2.45) is 0 Å². The molecule has 0 saturated heterocycles. The van der Waals surface area contributed by atoms with Crippen LogP contribution in [0.4, 0.5) is 17.1 Å². The minimum Gasteiger partial charge on any atom is -0.377 e. The lowest BCUT2D eigenvalue weighted by Gasteiger charge is -2.12. The Labute approximate surface area is 179 Å². The molecule has 0 atom stereocenters. The summed E-state index contributed by atoms with van der Waals surface area (Å²) in [6.45, 7) is 5.77. The summed E-state index contributed by atoms with van der Waals surface area (Å²) in [5.41, 5.74) is 2.41. The van der Waals surface area contributed by atoms with E-state index >= 15 is 0 Å². The van der Waals surface area contributed by atoms with Crippen molar-refractivity contribution in [3.63, 3.8) is 0 Å².